The number of carbonyl (C=O) groups is 2. The summed E-state index contributed by atoms with van der Waals surface area (Å²) in [4.78, 5) is 23.7. The number of rotatable bonds is 5. The number of nitrogens with two attached hydrogens (primary N) is 1. The molecule has 0 aromatic heterocycles. The molecule has 0 spiro atoms. The van der Waals surface area contributed by atoms with E-state index < -0.39 is 18.5 Å². The Balaban J connectivity index is 1.93. The number of para-hydroxylation sites is 1. The highest BCUT2D eigenvalue weighted by Gasteiger charge is 2.15. The lowest BCUT2D eigenvalue weighted by atomic mass is 10.2. The zero-order chi connectivity index (χ0) is 16.8. The molecule has 0 saturated carbocycles. The quantitative estimate of drug-likeness (QED) is 0.648. The summed E-state index contributed by atoms with van der Waals surface area (Å²) in [5.74, 6) is -0.593. The van der Waals surface area contributed by atoms with E-state index in [4.69, 9.17) is 26.8 Å². The van der Waals surface area contributed by atoms with Crippen LogP contribution in [0.1, 0.15) is 10.4 Å². The van der Waals surface area contributed by atoms with Gasteiger partial charge in [0.05, 0.1) is 23.4 Å². The minimum Gasteiger partial charge on any atom is -0.497 e. The second kappa shape index (κ2) is 7.51. The summed E-state index contributed by atoms with van der Waals surface area (Å²) in [5.41, 5.74) is 6.47. The van der Waals surface area contributed by atoms with Crippen LogP contribution in [0.2, 0.25) is 5.02 Å². The van der Waals surface area contributed by atoms with Gasteiger partial charge in [-0.15, -0.1) is 0 Å². The number of ether oxygens (including phenoxy) is 2. The van der Waals surface area contributed by atoms with Gasteiger partial charge in [-0.2, -0.15) is 0 Å². The van der Waals surface area contributed by atoms with Gasteiger partial charge in [-0.05, 0) is 24.3 Å². The van der Waals surface area contributed by atoms with Gasteiger partial charge in [0.2, 0.25) is 0 Å². The van der Waals surface area contributed by atoms with Crippen LogP contribution in [-0.4, -0.2) is 25.6 Å². The highest BCUT2D eigenvalue weighted by molar-refractivity contribution is 6.33. The Kier molecular flexibility index (Phi) is 5.43. The summed E-state index contributed by atoms with van der Waals surface area (Å²) in [6, 6.07) is 11.4. The van der Waals surface area contributed by atoms with Gasteiger partial charge in [0.15, 0.2) is 6.61 Å². The van der Waals surface area contributed by atoms with E-state index in [1.165, 1.54) is 13.2 Å². The Bertz CT molecular complexity index is 734. The topological polar surface area (TPSA) is 90.6 Å². The van der Waals surface area contributed by atoms with Crippen LogP contribution < -0.4 is 15.8 Å². The molecule has 0 bridgehead atoms. The maximum absolute atomic E-state index is 11.9. The molecule has 0 heterocycles. The maximum Gasteiger partial charge on any atom is 0.340 e. The lowest BCUT2D eigenvalue weighted by Gasteiger charge is -2.09. The van der Waals surface area contributed by atoms with E-state index in [1.54, 1.807) is 36.4 Å². The highest BCUT2D eigenvalue weighted by atomic mass is 35.5. The van der Waals surface area contributed by atoms with Crippen LogP contribution in [0, 0.1) is 0 Å². The Morgan fingerprint density at radius 2 is 1.96 bits per heavy atom. The van der Waals surface area contributed by atoms with Crippen molar-refractivity contribution in [3.05, 3.63) is 53.1 Å². The van der Waals surface area contributed by atoms with Crippen molar-refractivity contribution in [2.75, 3.05) is 24.8 Å². The fraction of sp³-hybridized carbons (Fsp3) is 0.125. The first-order chi connectivity index (χ1) is 11.0. The molecule has 6 nitrogen and oxygen atoms in total. The number of hydrogen-bond acceptors (Lipinski definition) is 5. The third-order valence-corrected chi connectivity index (χ3v) is 3.29. The number of benzene rings is 2. The summed E-state index contributed by atoms with van der Waals surface area (Å²) in [7, 11) is 1.53. The van der Waals surface area contributed by atoms with E-state index in [0.717, 1.165) is 0 Å². The summed E-state index contributed by atoms with van der Waals surface area (Å²) in [6.45, 7) is -0.442. The number of hydrogen-bond donors (Lipinski definition) is 2. The van der Waals surface area contributed by atoms with Crippen molar-refractivity contribution in [2.45, 2.75) is 0 Å². The second-order valence-corrected chi connectivity index (χ2v) is 4.96. The predicted molar refractivity (Wildman–Crippen MR) is 87.8 cm³/mol. The molecule has 0 aliphatic rings. The van der Waals surface area contributed by atoms with Crippen LogP contribution in [0.5, 0.6) is 5.75 Å². The average Bonchev–Trinajstić information content (AvgIpc) is 2.55. The first kappa shape index (κ1) is 16.6. The van der Waals surface area contributed by atoms with E-state index in [2.05, 4.69) is 5.32 Å². The van der Waals surface area contributed by atoms with Gasteiger partial charge in [-0.3, -0.25) is 4.79 Å². The van der Waals surface area contributed by atoms with Crippen LogP contribution in [0.3, 0.4) is 0 Å². The van der Waals surface area contributed by atoms with Crippen LogP contribution in [0.4, 0.5) is 11.4 Å². The third kappa shape index (κ3) is 4.37. The van der Waals surface area contributed by atoms with Crippen molar-refractivity contribution in [3.8, 4) is 5.75 Å². The molecule has 0 aliphatic carbocycles. The van der Waals surface area contributed by atoms with Crippen LogP contribution in [-0.2, 0) is 9.53 Å². The second-order valence-electron chi connectivity index (χ2n) is 4.56. The molecule has 2 aromatic carbocycles. The number of methoxy groups -OCH3 is 1. The van der Waals surface area contributed by atoms with Crippen LogP contribution in [0.25, 0.3) is 0 Å². The van der Waals surface area contributed by atoms with Gasteiger partial charge in [-0.1, -0.05) is 23.7 Å². The monoisotopic (exact) mass is 334 g/mol. The Hall–Kier alpha value is -2.73. The highest BCUT2D eigenvalue weighted by Crippen LogP contribution is 2.23. The smallest absolute Gasteiger partial charge is 0.340 e. The molecule has 0 aliphatic heterocycles. The minimum absolute atomic E-state index is 0.117. The van der Waals surface area contributed by atoms with Crippen molar-refractivity contribution in [3.63, 3.8) is 0 Å². The number of nitrogens with one attached hydrogen (secondary N) is 1. The van der Waals surface area contributed by atoms with Gasteiger partial charge in [0.1, 0.15) is 5.75 Å². The largest absolute Gasteiger partial charge is 0.497 e. The van der Waals surface area contributed by atoms with Crippen molar-refractivity contribution in [1.82, 2.24) is 0 Å². The molecule has 0 atom stereocenters. The molecular weight excluding hydrogens is 320 g/mol. The first-order valence-electron chi connectivity index (χ1n) is 6.66. The summed E-state index contributed by atoms with van der Waals surface area (Å²) < 4.78 is 9.99. The lowest BCUT2D eigenvalue weighted by Crippen LogP contribution is -2.21. The Morgan fingerprint density at radius 3 is 2.70 bits per heavy atom. The van der Waals surface area contributed by atoms with E-state index in [-0.39, 0.29) is 16.3 Å². The molecule has 0 unspecified atom stereocenters. The number of anilines is 2. The van der Waals surface area contributed by atoms with Gasteiger partial charge < -0.3 is 20.5 Å². The number of amides is 1. The molecule has 1 amide bonds. The number of nitrogen functional groups attached to an aromatic ring is 1. The standard InChI is InChI=1S/C16H15ClN2O4/c1-22-11-5-2-4-10(8-11)19-14(20)9-23-16(21)12-6-3-7-13(17)15(12)18/h2-8H,9,18H2,1H3,(H,19,20). The van der Waals surface area contributed by atoms with Crippen LogP contribution >= 0.6 is 11.6 Å². The summed E-state index contributed by atoms with van der Waals surface area (Å²) in [6.07, 6.45) is 0. The maximum atomic E-state index is 11.9. The molecule has 120 valence electrons. The number of esters is 1. The zero-order valence-electron chi connectivity index (χ0n) is 12.3. The molecule has 23 heavy (non-hydrogen) atoms. The molecule has 0 fully saturated rings. The van der Waals surface area contributed by atoms with Crippen LogP contribution in [0.15, 0.2) is 42.5 Å². The summed E-state index contributed by atoms with van der Waals surface area (Å²) >= 11 is 5.83. The van der Waals surface area contributed by atoms with Gasteiger partial charge >= 0.3 is 5.97 Å². The Morgan fingerprint density at radius 1 is 1.22 bits per heavy atom. The van der Waals surface area contributed by atoms with Crippen molar-refractivity contribution in [2.24, 2.45) is 0 Å². The third-order valence-electron chi connectivity index (χ3n) is 2.96. The fourth-order valence-corrected chi connectivity index (χ4v) is 2.00. The molecule has 7 heteroatoms. The molecule has 0 radical (unpaired) electrons. The van der Waals surface area contributed by atoms with E-state index >= 15 is 0 Å². The van der Waals surface area contributed by atoms with Gasteiger partial charge in [-0.25, -0.2) is 4.79 Å². The molecule has 0 saturated heterocycles. The normalized spacial score (nSPS) is 10.0. The minimum atomic E-state index is -0.717. The zero-order valence-corrected chi connectivity index (χ0v) is 13.1. The van der Waals surface area contributed by atoms with Gasteiger partial charge in [0.25, 0.3) is 5.91 Å². The first-order valence-corrected chi connectivity index (χ1v) is 7.04. The SMILES string of the molecule is COc1cccc(NC(=O)COC(=O)c2cccc(Cl)c2N)c1. The molecule has 2 aromatic rings. The van der Waals surface area contributed by atoms with Crippen molar-refractivity contribution >= 4 is 34.9 Å². The van der Waals surface area contributed by atoms with Gasteiger partial charge in [0, 0.05) is 11.8 Å². The summed E-state index contributed by atoms with van der Waals surface area (Å²) in [5, 5.41) is 2.85. The molecule has 2 rings (SSSR count). The molecular formula is C16H15ClN2O4. The lowest BCUT2D eigenvalue weighted by molar-refractivity contribution is -0.119. The fourth-order valence-electron chi connectivity index (χ4n) is 1.82. The predicted octanol–water partition coefficient (Wildman–Crippen LogP) is 2.73. The van der Waals surface area contributed by atoms with E-state index in [9.17, 15) is 9.59 Å². The number of halogens is 1. The van der Waals surface area contributed by atoms with E-state index in [1.807, 2.05) is 0 Å². The van der Waals surface area contributed by atoms with Crippen molar-refractivity contribution in [1.29, 1.82) is 0 Å². The van der Waals surface area contributed by atoms with E-state index in [0.29, 0.717) is 11.4 Å². The Labute approximate surface area is 138 Å². The van der Waals surface area contributed by atoms with Crippen molar-refractivity contribution < 1.29 is 19.1 Å². The molecule has 3 N–H and O–H groups in total. The average molecular weight is 335 g/mol. The number of carbonyl (C=O) groups excluding carboxylic acids is 2.